The summed E-state index contributed by atoms with van der Waals surface area (Å²) in [5, 5.41) is 3.18. The van der Waals surface area contributed by atoms with E-state index in [1.807, 2.05) is 11.8 Å². The summed E-state index contributed by atoms with van der Waals surface area (Å²) in [4.78, 5) is 14.2. The van der Waals surface area contributed by atoms with E-state index in [1.165, 1.54) is 5.57 Å². The van der Waals surface area contributed by atoms with Gasteiger partial charge in [-0.15, -0.1) is 0 Å². The molecule has 1 amide bonds. The Hall–Kier alpha value is -0.830. The Bertz CT molecular complexity index is 303. The normalized spacial score (nSPS) is 30.3. The van der Waals surface area contributed by atoms with E-state index in [2.05, 4.69) is 19.2 Å². The van der Waals surface area contributed by atoms with E-state index in [9.17, 15) is 4.79 Å². The van der Waals surface area contributed by atoms with Gasteiger partial charge in [0.05, 0.1) is 0 Å². The summed E-state index contributed by atoms with van der Waals surface area (Å²) in [6.45, 7) is 9.06. The highest BCUT2D eigenvalue weighted by Gasteiger charge is 2.31. The van der Waals surface area contributed by atoms with E-state index in [0.717, 1.165) is 31.6 Å². The van der Waals surface area contributed by atoms with Crippen molar-refractivity contribution in [3.63, 3.8) is 0 Å². The predicted molar refractivity (Wildman–Crippen MR) is 60.5 cm³/mol. The lowest BCUT2D eigenvalue weighted by Crippen LogP contribution is -2.40. The molecule has 2 unspecified atom stereocenters. The third-order valence-electron chi connectivity index (χ3n) is 3.57. The van der Waals surface area contributed by atoms with Crippen molar-refractivity contribution in [1.29, 1.82) is 0 Å². The molecule has 0 aromatic rings. The zero-order valence-corrected chi connectivity index (χ0v) is 9.84. The highest BCUT2D eigenvalue weighted by atomic mass is 16.2. The summed E-state index contributed by atoms with van der Waals surface area (Å²) in [5.74, 6) is 0.907. The molecule has 3 heteroatoms. The summed E-state index contributed by atoms with van der Waals surface area (Å²) < 4.78 is 0. The highest BCUT2D eigenvalue weighted by Crippen LogP contribution is 2.25. The zero-order chi connectivity index (χ0) is 11.0. The lowest BCUT2D eigenvalue weighted by Gasteiger charge is -2.26. The van der Waals surface area contributed by atoms with Crippen molar-refractivity contribution < 1.29 is 4.79 Å². The van der Waals surface area contributed by atoms with E-state index >= 15 is 0 Å². The molecule has 15 heavy (non-hydrogen) atoms. The van der Waals surface area contributed by atoms with Gasteiger partial charge in [-0.2, -0.15) is 0 Å². The number of nitrogens with zero attached hydrogens (tertiary/aromatic N) is 1. The monoisotopic (exact) mass is 208 g/mol. The number of hydrogen-bond donors (Lipinski definition) is 1. The Morgan fingerprint density at radius 3 is 2.47 bits per heavy atom. The van der Waals surface area contributed by atoms with E-state index in [4.69, 9.17) is 0 Å². The largest absolute Gasteiger partial charge is 0.336 e. The second-order valence-electron chi connectivity index (χ2n) is 4.98. The molecule has 2 aliphatic rings. The van der Waals surface area contributed by atoms with Gasteiger partial charge in [-0.05, 0) is 31.8 Å². The summed E-state index contributed by atoms with van der Waals surface area (Å²) >= 11 is 0. The SMILES string of the molecule is CC(C(=O)N1CC(C)CC1C)=C1CNC1. The van der Waals surface area contributed by atoms with Gasteiger partial charge in [-0.3, -0.25) is 4.79 Å². The molecule has 0 aromatic heterocycles. The van der Waals surface area contributed by atoms with Crippen molar-refractivity contribution in [3.8, 4) is 0 Å². The van der Waals surface area contributed by atoms with Gasteiger partial charge in [0, 0.05) is 31.2 Å². The molecule has 2 atom stereocenters. The summed E-state index contributed by atoms with van der Waals surface area (Å²) in [6.07, 6.45) is 1.15. The van der Waals surface area contributed by atoms with Crippen molar-refractivity contribution in [1.82, 2.24) is 10.2 Å². The van der Waals surface area contributed by atoms with E-state index in [0.29, 0.717) is 12.0 Å². The molecular weight excluding hydrogens is 188 g/mol. The van der Waals surface area contributed by atoms with Gasteiger partial charge in [0.2, 0.25) is 5.91 Å². The van der Waals surface area contributed by atoms with Crippen molar-refractivity contribution in [2.24, 2.45) is 5.92 Å². The molecule has 0 bridgehead atoms. The van der Waals surface area contributed by atoms with Gasteiger partial charge in [-0.25, -0.2) is 0 Å². The minimum atomic E-state index is 0.253. The van der Waals surface area contributed by atoms with Crippen molar-refractivity contribution in [2.75, 3.05) is 19.6 Å². The summed E-state index contributed by atoms with van der Waals surface area (Å²) in [6, 6.07) is 0.413. The molecule has 84 valence electrons. The molecule has 2 fully saturated rings. The van der Waals surface area contributed by atoms with Gasteiger partial charge >= 0.3 is 0 Å². The van der Waals surface area contributed by atoms with Crippen molar-refractivity contribution in [3.05, 3.63) is 11.1 Å². The van der Waals surface area contributed by atoms with Crippen LogP contribution in [0.2, 0.25) is 0 Å². The van der Waals surface area contributed by atoms with E-state index < -0.39 is 0 Å². The first kappa shape index (κ1) is 10.7. The summed E-state index contributed by atoms with van der Waals surface area (Å²) in [7, 11) is 0. The topological polar surface area (TPSA) is 32.3 Å². The number of carbonyl (C=O) groups is 1. The van der Waals surface area contributed by atoms with Crippen LogP contribution in [0.5, 0.6) is 0 Å². The van der Waals surface area contributed by atoms with Crippen LogP contribution in [0, 0.1) is 5.92 Å². The fourth-order valence-corrected chi connectivity index (χ4v) is 2.46. The fraction of sp³-hybridized carbons (Fsp3) is 0.750. The maximum Gasteiger partial charge on any atom is 0.249 e. The van der Waals surface area contributed by atoms with Crippen LogP contribution in [0.3, 0.4) is 0 Å². The average Bonchev–Trinajstić information content (AvgIpc) is 2.41. The molecule has 0 saturated carbocycles. The number of carbonyl (C=O) groups excluding carboxylic acids is 1. The molecule has 2 rings (SSSR count). The third-order valence-corrected chi connectivity index (χ3v) is 3.57. The number of likely N-dealkylation sites (tertiary alicyclic amines) is 1. The van der Waals surface area contributed by atoms with Gasteiger partial charge in [0.15, 0.2) is 0 Å². The van der Waals surface area contributed by atoms with Crippen molar-refractivity contribution >= 4 is 5.91 Å². The number of amides is 1. The van der Waals surface area contributed by atoms with Gasteiger partial charge in [-0.1, -0.05) is 6.92 Å². The number of hydrogen-bond acceptors (Lipinski definition) is 2. The Kier molecular flexibility index (Phi) is 2.83. The van der Waals surface area contributed by atoms with Crippen molar-refractivity contribution in [2.45, 2.75) is 33.2 Å². The lowest BCUT2D eigenvalue weighted by molar-refractivity contribution is -0.127. The van der Waals surface area contributed by atoms with Crippen LogP contribution in [0.1, 0.15) is 27.2 Å². The van der Waals surface area contributed by atoms with Crippen LogP contribution in [-0.4, -0.2) is 36.5 Å². The van der Waals surface area contributed by atoms with Crippen LogP contribution >= 0.6 is 0 Å². The molecule has 1 N–H and O–H groups in total. The van der Waals surface area contributed by atoms with Gasteiger partial charge < -0.3 is 10.2 Å². The maximum atomic E-state index is 12.2. The standard InChI is InChI=1S/C12H20N2O/c1-8-4-9(2)14(7-8)12(15)10(3)11-5-13-6-11/h8-9,13H,4-7H2,1-3H3. The zero-order valence-electron chi connectivity index (χ0n) is 9.84. The molecule has 0 aliphatic carbocycles. The van der Waals surface area contributed by atoms with E-state index in [-0.39, 0.29) is 5.91 Å². The first-order valence-electron chi connectivity index (χ1n) is 5.80. The molecule has 0 spiro atoms. The van der Waals surface area contributed by atoms with Crippen LogP contribution in [0.4, 0.5) is 0 Å². The first-order chi connectivity index (χ1) is 7.09. The Balaban J connectivity index is 2.08. The second-order valence-corrected chi connectivity index (χ2v) is 4.98. The molecule has 0 aromatic carbocycles. The van der Waals surface area contributed by atoms with Gasteiger partial charge in [0.1, 0.15) is 0 Å². The minimum Gasteiger partial charge on any atom is -0.336 e. The third kappa shape index (κ3) is 1.93. The molecule has 2 saturated heterocycles. The summed E-state index contributed by atoms with van der Waals surface area (Å²) in [5.41, 5.74) is 2.25. The number of nitrogens with one attached hydrogen (secondary N) is 1. The van der Waals surface area contributed by atoms with Crippen LogP contribution in [0.15, 0.2) is 11.1 Å². The van der Waals surface area contributed by atoms with Gasteiger partial charge in [0.25, 0.3) is 0 Å². The van der Waals surface area contributed by atoms with Crippen LogP contribution in [0.25, 0.3) is 0 Å². The second kappa shape index (κ2) is 3.97. The highest BCUT2D eigenvalue weighted by molar-refractivity contribution is 5.94. The Morgan fingerprint density at radius 2 is 2.07 bits per heavy atom. The Labute approximate surface area is 91.5 Å². The van der Waals surface area contributed by atoms with E-state index in [1.54, 1.807) is 0 Å². The molecule has 2 aliphatic heterocycles. The lowest BCUT2D eigenvalue weighted by atomic mass is 10.0. The van der Waals surface area contributed by atoms with Crippen LogP contribution in [-0.2, 0) is 4.79 Å². The Morgan fingerprint density at radius 1 is 1.40 bits per heavy atom. The average molecular weight is 208 g/mol. The quantitative estimate of drug-likeness (QED) is 0.656. The molecule has 3 nitrogen and oxygen atoms in total. The first-order valence-corrected chi connectivity index (χ1v) is 5.80. The smallest absolute Gasteiger partial charge is 0.249 e. The van der Waals surface area contributed by atoms with Crippen LogP contribution < -0.4 is 5.32 Å². The predicted octanol–water partition coefficient (Wildman–Crippen LogP) is 1.16. The minimum absolute atomic E-state index is 0.253. The number of rotatable bonds is 1. The molecule has 0 radical (unpaired) electrons. The maximum absolute atomic E-state index is 12.2. The molecular formula is C12H20N2O. The molecule has 2 heterocycles. The fourth-order valence-electron chi connectivity index (χ4n) is 2.46.